The molecule has 1 aliphatic heterocycles. The van der Waals surface area contributed by atoms with Crippen molar-refractivity contribution < 1.29 is 0 Å². The minimum atomic E-state index is 0.819. The maximum Gasteiger partial charge on any atom is 0.0960 e. The molecular weight excluding hydrogens is 180 g/mol. The summed E-state index contributed by atoms with van der Waals surface area (Å²) in [5.41, 5.74) is 0. The lowest BCUT2D eigenvalue weighted by molar-refractivity contribution is 0.364. The fourth-order valence-corrected chi connectivity index (χ4v) is 2.37. The number of amidine groups is 1. The van der Waals surface area contributed by atoms with E-state index in [-0.39, 0.29) is 0 Å². The first-order chi connectivity index (χ1) is 6.36. The Hall–Kier alpha value is -0.830. The molecule has 1 aliphatic rings. The Kier molecular flexibility index (Phi) is 2.64. The van der Waals surface area contributed by atoms with Crippen LogP contribution in [0.5, 0.6) is 0 Å². The number of nitrogens with zero attached hydrogens (tertiary/aromatic N) is 1. The summed E-state index contributed by atoms with van der Waals surface area (Å²) in [7, 11) is 0. The lowest BCUT2D eigenvalue weighted by Gasteiger charge is -2.28. The second-order valence-electron chi connectivity index (χ2n) is 3.40. The molecule has 2 rings (SSSR count). The van der Waals surface area contributed by atoms with Crippen LogP contribution in [0.15, 0.2) is 17.5 Å². The molecule has 0 aromatic carbocycles. The van der Waals surface area contributed by atoms with Gasteiger partial charge < -0.3 is 4.90 Å². The van der Waals surface area contributed by atoms with Crippen LogP contribution < -0.4 is 0 Å². The van der Waals surface area contributed by atoms with Crippen molar-refractivity contribution in [2.75, 3.05) is 6.54 Å². The summed E-state index contributed by atoms with van der Waals surface area (Å²) >= 11 is 1.78. The molecule has 2 nitrogen and oxygen atoms in total. The van der Waals surface area contributed by atoms with Crippen molar-refractivity contribution in [3.63, 3.8) is 0 Å². The van der Waals surface area contributed by atoms with Crippen molar-refractivity contribution in [1.29, 1.82) is 5.41 Å². The largest absolute Gasteiger partial charge is 0.355 e. The van der Waals surface area contributed by atoms with Gasteiger partial charge in [0.2, 0.25) is 0 Å². The third-order valence-electron chi connectivity index (χ3n) is 2.40. The Labute approximate surface area is 82.7 Å². The van der Waals surface area contributed by atoms with Gasteiger partial charge in [-0.1, -0.05) is 6.07 Å². The maximum atomic E-state index is 7.78. The minimum absolute atomic E-state index is 0.819. The number of thiophene rings is 1. The molecule has 0 aliphatic carbocycles. The standard InChI is InChI=1S/C10H14N2S/c11-10-5-1-2-6-12(10)8-9-4-3-7-13-9/h3-4,7,11H,1-2,5-6,8H2. The first-order valence-corrected chi connectivity index (χ1v) is 5.59. The molecule has 70 valence electrons. The van der Waals surface area contributed by atoms with Crippen molar-refractivity contribution in [3.8, 4) is 0 Å². The maximum absolute atomic E-state index is 7.78. The smallest absolute Gasteiger partial charge is 0.0960 e. The molecule has 1 aromatic heterocycles. The van der Waals surface area contributed by atoms with Gasteiger partial charge in [-0.15, -0.1) is 11.3 Å². The van der Waals surface area contributed by atoms with E-state index in [4.69, 9.17) is 5.41 Å². The summed E-state index contributed by atoms with van der Waals surface area (Å²) in [5.74, 6) is 0.819. The molecule has 2 heterocycles. The van der Waals surface area contributed by atoms with Crippen molar-refractivity contribution in [3.05, 3.63) is 22.4 Å². The van der Waals surface area contributed by atoms with E-state index in [1.165, 1.54) is 17.7 Å². The molecule has 0 spiro atoms. The van der Waals surface area contributed by atoms with E-state index in [2.05, 4.69) is 22.4 Å². The van der Waals surface area contributed by atoms with Crippen molar-refractivity contribution in [2.45, 2.75) is 25.8 Å². The number of likely N-dealkylation sites (tertiary alicyclic amines) is 1. The predicted octanol–water partition coefficient (Wildman–Crippen LogP) is 2.71. The predicted molar refractivity (Wildman–Crippen MR) is 56.3 cm³/mol. The van der Waals surface area contributed by atoms with Gasteiger partial charge in [0.15, 0.2) is 0 Å². The van der Waals surface area contributed by atoms with E-state index in [9.17, 15) is 0 Å². The first kappa shape index (κ1) is 8.75. The second kappa shape index (κ2) is 3.92. The Morgan fingerprint density at radius 2 is 2.38 bits per heavy atom. The third-order valence-corrected chi connectivity index (χ3v) is 3.26. The second-order valence-corrected chi connectivity index (χ2v) is 4.44. The van der Waals surface area contributed by atoms with Gasteiger partial charge in [-0.25, -0.2) is 0 Å². The molecule has 0 radical (unpaired) electrons. The quantitative estimate of drug-likeness (QED) is 0.770. The molecular formula is C10H14N2S. The molecule has 1 aromatic rings. The summed E-state index contributed by atoms with van der Waals surface area (Å²) < 4.78 is 0. The van der Waals surface area contributed by atoms with Crippen LogP contribution in [-0.2, 0) is 6.54 Å². The van der Waals surface area contributed by atoms with Gasteiger partial charge in [-0.3, -0.25) is 5.41 Å². The number of nitrogens with one attached hydrogen (secondary N) is 1. The van der Waals surface area contributed by atoms with Crippen molar-refractivity contribution in [2.24, 2.45) is 0 Å². The van der Waals surface area contributed by atoms with Gasteiger partial charge in [0.1, 0.15) is 0 Å². The fourth-order valence-electron chi connectivity index (χ4n) is 1.65. The molecule has 0 amide bonds. The van der Waals surface area contributed by atoms with Gasteiger partial charge in [0.25, 0.3) is 0 Å². The Balaban J connectivity index is 1.97. The number of piperidine rings is 1. The van der Waals surface area contributed by atoms with Crippen LogP contribution in [0, 0.1) is 5.41 Å². The highest BCUT2D eigenvalue weighted by atomic mass is 32.1. The lowest BCUT2D eigenvalue weighted by Crippen LogP contribution is -2.33. The normalized spacial score (nSPS) is 17.8. The van der Waals surface area contributed by atoms with Crippen molar-refractivity contribution >= 4 is 17.2 Å². The summed E-state index contributed by atoms with van der Waals surface area (Å²) in [6.45, 7) is 2.01. The number of rotatable bonds is 2. The zero-order valence-electron chi connectivity index (χ0n) is 7.62. The third kappa shape index (κ3) is 2.10. The molecule has 13 heavy (non-hydrogen) atoms. The lowest BCUT2D eigenvalue weighted by atomic mass is 10.1. The SMILES string of the molecule is N=C1CCCCN1Cc1cccs1. The van der Waals surface area contributed by atoms with Gasteiger partial charge >= 0.3 is 0 Å². The Morgan fingerprint density at radius 3 is 3.08 bits per heavy atom. The molecule has 0 saturated carbocycles. The van der Waals surface area contributed by atoms with Crippen LogP contribution in [0.4, 0.5) is 0 Å². The van der Waals surface area contributed by atoms with Crippen molar-refractivity contribution in [1.82, 2.24) is 4.90 Å². The molecule has 0 atom stereocenters. The molecule has 1 saturated heterocycles. The van der Waals surface area contributed by atoms with E-state index < -0.39 is 0 Å². The van der Waals surface area contributed by atoms with Gasteiger partial charge in [-0.05, 0) is 24.3 Å². The fraction of sp³-hybridized carbons (Fsp3) is 0.500. The highest BCUT2D eigenvalue weighted by Gasteiger charge is 2.14. The molecule has 0 bridgehead atoms. The number of hydrogen-bond acceptors (Lipinski definition) is 2. The molecule has 1 fully saturated rings. The zero-order chi connectivity index (χ0) is 9.10. The average Bonchev–Trinajstić information content (AvgIpc) is 2.61. The van der Waals surface area contributed by atoms with Crippen LogP contribution in [0.1, 0.15) is 24.1 Å². The zero-order valence-corrected chi connectivity index (χ0v) is 8.44. The summed E-state index contributed by atoms with van der Waals surface area (Å²) in [4.78, 5) is 3.56. The van der Waals surface area contributed by atoms with Crippen LogP contribution in [0.25, 0.3) is 0 Å². The van der Waals surface area contributed by atoms with Crippen LogP contribution >= 0.6 is 11.3 Å². The highest BCUT2D eigenvalue weighted by Crippen LogP contribution is 2.17. The average molecular weight is 194 g/mol. The first-order valence-electron chi connectivity index (χ1n) is 4.71. The summed E-state index contributed by atoms with van der Waals surface area (Å²) in [6, 6.07) is 4.22. The van der Waals surface area contributed by atoms with Gasteiger partial charge in [0.05, 0.1) is 12.4 Å². The van der Waals surface area contributed by atoms with E-state index in [1.54, 1.807) is 11.3 Å². The van der Waals surface area contributed by atoms with Crippen LogP contribution in [-0.4, -0.2) is 17.3 Å². The molecule has 1 N–H and O–H groups in total. The minimum Gasteiger partial charge on any atom is -0.355 e. The topological polar surface area (TPSA) is 27.1 Å². The van der Waals surface area contributed by atoms with Gasteiger partial charge in [0, 0.05) is 17.8 Å². The Bertz CT molecular complexity index is 279. The Morgan fingerprint density at radius 1 is 1.46 bits per heavy atom. The molecule has 0 unspecified atom stereocenters. The number of hydrogen-bond donors (Lipinski definition) is 1. The van der Waals surface area contributed by atoms with E-state index in [1.807, 2.05) is 0 Å². The van der Waals surface area contributed by atoms with Crippen LogP contribution in [0.2, 0.25) is 0 Å². The summed E-state index contributed by atoms with van der Waals surface area (Å²) in [5, 5.41) is 9.88. The highest BCUT2D eigenvalue weighted by molar-refractivity contribution is 7.09. The van der Waals surface area contributed by atoms with Gasteiger partial charge in [-0.2, -0.15) is 0 Å². The van der Waals surface area contributed by atoms with E-state index in [0.717, 1.165) is 25.3 Å². The van der Waals surface area contributed by atoms with E-state index >= 15 is 0 Å². The summed E-state index contributed by atoms with van der Waals surface area (Å²) in [6.07, 6.45) is 3.40. The molecule has 3 heteroatoms. The monoisotopic (exact) mass is 194 g/mol. The van der Waals surface area contributed by atoms with Crippen LogP contribution in [0.3, 0.4) is 0 Å². The van der Waals surface area contributed by atoms with E-state index in [0.29, 0.717) is 0 Å².